The number of ether oxygens (including phenoxy) is 1. The maximum Gasteiger partial charge on any atom is 0.180 e. The second-order valence-corrected chi connectivity index (χ2v) is 5.89. The minimum atomic E-state index is -0.263. The van der Waals surface area contributed by atoms with Crippen molar-refractivity contribution in [3.05, 3.63) is 48.0 Å². The number of hydrogen-bond acceptors (Lipinski definition) is 5. The van der Waals surface area contributed by atoms with Crippen molar-refractivity contribution < 1.29 is 9.13 Å². The quantitative estimate of drug-likeness (QED) is 0.801. The van der Waals surface area contributed by atoms with E-state index in [1.807, 2.05) is 12.3 Å². The molecule has 1 saturated heterocycles. The first-order valence-electron chi connectivity index (χ1n) is 7.87. The van der Waals surface area contributed by atoms with Crippen molar-refractivity contribution in [2.75, 3.05) is 24.3 Å². The molecule has 3 aromatic rings. The minimum absolute atomic E-state index is 0.0229. The molecule has 2 N–H and O–H groups in total. The average Bonchev–Trinajstić information content (AvgIpc) is 3.22. The molecule has 4 rings (SSSR count). The molecule has 0 bridgehead atoms. The average molecular weight is 327 g/mol. The van der Waals surface area contributed by atoms with Crippen LogP contribution in [0.25, 0.3) is 5.65 Å². The number of anilines is 2. The zero-order valence-electron chi connectivity index (χ0n) is 13.3. The third-order valence-corrected chi connectivity index (χ3v) is 4.48. The van der Waals surface area contributed by atoms with E-state index >= 15 is 0 Å². The van der Waals surface area contributed by atoms with Crippen molar-refractivity contribution in [2.24, 2.45) is 0 Å². The van der Waals surface area contributed by atoms with E-state index < -0.39 is 0 Å². The Bertz CT molecular complexity index is 894. The van der Waals surface area contributed by atoms with Crippen LogP contribution in [-0.2, 0) is 0 Å². The Morgan fingerprint density at radius 1 is 1.33 bits per heavy atom. The van der Waals surface area contributed by atoms with Crippen LogP contribution < -0.4 is 15.4 Å². The van der Waals surface area contributed by atoms with Gasteiger partial charge in [-0.05, 0) is 37.1 Å². The molecule has 1 aliphatic rings. The molecular formula is C17H18FN5O. The lowest BCUT2D eigenvalue weighted by molar-refractivity contribution is 0.404. The first-order valence-corrected chi connectivity index (χ1v) is 7.87. The molecule has 1 aliphatic heterocycles. The van der Waals surface area contributed by atoms with Crippen LogP contribution in [0.3, 0.4) is 0 Å². The number of benzene rings is 1. The molecule has 0 amide bonds. The van der Waals surface area contributed by atoms with Crippen LogP contribution in [0, 0.1) is 5.82 Å². The highest BCUT2D eigenvalue weighted by atomic mass is 19.1. The first kappa shape index (κ1) is 14.7. The fourth-order valence-corrected chi connectivity index (χ4v) is 3.37. The van der Waals surface area contributed by atoms with Crippen LogP contribution >= 0.6 is 0 Å². The predicted molar refractivity (Wildman–Crippen MR) is 89.7 cm³/mol. The van der Waals surface area contributed by atoms with E-state index in [0.717, 1.165) is 30.8 Å². The Morgan fingerprint density at radius 3 is 3.04 bits per heavy atom. The number of nitrogens with two attached hydrogens (primary N) is 1. The topological polar surface area (TPSA) is 68.7 Å². The second-order valence-electron chi connectivity index (χ2n) is 5.89. The van der Waals surface area contributed by atoms with Crippen molar-refractivity contribution in [1.29, 1.82) is 0 Å². The van der Waals surface area contributed by atoms with E-state index in [4.69, 9.17) is 10.5 Å². The number of fused-ring (bicyclic) bond motifs is 1. The number of methoxy groups -OCH3 is 1. The van der Waals surface area contributed by atoms with Crippen molar-refractivity contribution in [3.63, 3.8) is 0 Å². The minimum Gasteiger partial charge on any atom is -0.496 e. The lowest BCUT2D eigenvalue weighted by atomic mass is 10.0. The lowest BCUT2D eigenvalue weighted by Crippen LogP contribution is -2.24. The van der Waals surface area contributed by atoms with Gasteiger partial charge in [-0.15, -0.1) is 0 Å². The fraction of sp³-hybridized carbons (Fsp3) is 0.294. The number of nitrogen functional groups attached to an aromatic ring is 1. The highest BCUT2D eigenvalue weighted by Gasteiger charge is 2.30. The van der Waals surface area contributed by atoms with Crippen LogP contribution in [0.1, 0.15) is 24.4 Å². The van der Waals surface area contributed by atoms with Gasteiger partial charge in [0.05, 0.1) is 25.0 Å². The van der Waals surface area contributed by atoms with Gasteiger partial charge in [-0.2, -0.15) is 5.10 Å². The zero-order chi connectivity index (χ0) is 16.7. The molecule has 0 unspecified atom stereocenters. The molecule has 0 aliphatic carbocycles. The third-order valence-electron chi connectivity index (χ3n) is 4.48. The van der Waals surface area contributed by atoms with Gasteiger partial charge in [0.15, 0.2) is 5.65 Å². The summed E-state index contributed by atoms with van der Waals surface area (Å²) >= 11 is 0. The summed E-state index contributed by atoms with van der Waals surface area (Å²) in [6.07, 6.45) is 5.35. The standard InChI is InChI=1S/C17H18FN5O/c1-24-15-5-4-11(18)9-12(15)14-3-2-7-22(14)16-6-8-23-17(21-16)13(19)10-20-23/h4-6,8-10,14H,2-3,7,19H2,1H3/t14-/m1/s1. The van der Waals surface area contributed by atoms with Crippen molar-refractivity contribution in [1.82, 2.24) is 14.6 Å². The Morgan fingerprint density at radius 2 is 2.21 bits per heavy atom. The number of nitrogens with zero attached hydrogens (tertiary/aromatic N) is 4. The van der Waals surface area contributed by atoms with Crippen LogP contribution in [0.2, 0.25) is 0 Å². The van der Waals surface area contributed by atoms with E-state index in [0.29, 0.717) is 17.1 Å². The highest BCUT2D eigenvalue weighted by Crippen LogP contribution is 2.39. The first-order chi connectivity index (χ1) is 11.7. The Balaban J connectivity index is 1.76. The van der Waals surface area contributed by atoms with E-state index in [1.165, 1.54) is 6.07 Å². The van der Waals surface area contributed by atoms with Gasteiger partial charge in [0.1, 0.15) is 17.4 Å². The third kappa shape index (κ3) is 2.33. The number of hydrogen-bond donors (Lipinski definition) is 1. The molecule has 1 atom stereocenters. The van der Waals surface area contributed by atoms with Crippen LogP contribution in [-0.4, -0.2) is 28.3 Å². The normalized spacial score (nSPS) is 17.6. The maximum absolute atomic E-state index is 13.8. The number of aromatic nitrogens is 3. The van der Waals surface area contributed by atoms with Crippen molar-refractivity contribution >= 4 is 17.2 Å². The van der Waals surface area contributed by atoms with E-state index in [-0.39, 0.29) is 11.9 Å². The predicted octanol–water partition coefficient (Wildman–Crippen LogP) is 2.80. The summed E-state index contributed by atoms with van der Waals surface area (Å²) in [5.41, 5.74) is 7.93. The Hall–Kier alpha value is -2.83. The Labute approximate surface area is 138 Å². The van der Waals surface area contributed by atoms with Gasteiger partial charge in [-0.1, -0.05) is 0 Å². The molecule has 6 nitrogen and oxygen atoms in total. The van der Waals surface area contributed by atoms with Gasteiger partial charge in [0.25, 0.3) is 0 Å². The summed E-state index contributed by atoms with van der Waals surface area (Å²) in [5.74, 6) is 1.24. The fourth-order valence-electron chi connectivity index (χ4n) is 3.37. The Kier molecular flexibility index (Phi) is 3.48. The summed E-state index contributed by atoms with van der Waals surface area (Å²) in [7, 11) is 1.60. The number of halogens is 1. The van der Waals surface area contributed by atoms with Crippen LogP contribution in [0.15, 0.2) is 36.7 Å². The van der Waals surface area contributed by atoms with Gasteiger partial charge in [0.2, 0.25) is 0 Å². The molecule has 1 aromatic carbocycles. The van der Waals surface area contributed by atoms with E-state index in [1.54, 1.807) is 30.0 Å². The molecule has 7 heteroatoms. The van der Waals surface area contributed by atoms with Gasteiger partial charge in [0, 0.05) is 18.3 Å². The molecule has 0 spiro atoms. The molecule has 0 radical (unpaired) electrons. The number of rotatable bonds is 3. The summed E-state index contributed by atoms with van der Waals surface area (Å²) in [5, 5.41) is 4.14. The SMILES string of the molecule is COc1ccc(F)cc1[C@H]1CCCN1c1ccn2ncc(N)c2n1. The van der Waals surface area contributed by atoms with Crippen molar-refractivity contribution in [3.8, 4) is 5.75 Å². The van der Waals surface area contributed by atoms with Crippen LogP contribution in [0.5, 0.6) is 5.75 Å². The molecule has 0 saturated carbocycles. The van der Waals surface area contributed by atoms with E-state index in [9.17, 15) is 4.39 Å². The molecule has 1 fully saturated rings. The van der Waals surface area contributed by atoms with Crippen molar-refractivity contribution in [2.45, 2.75) is 18.9 Å². The molecule has 24 heavy (non-hydrogen) atoms. The monoisotopic (exact) mass is 327 g/mol. The summed E-state index contributed by atoms with van der Waals surface area (Å²) in [4.78, 5) is 6.81. The summed E-state index contributed by atoms with van der Waals surface area (Å²) in [6, 6.07) is 6.57. The lowest BCUT2D eigenvalue weighted by Gasteiger charge is -2.27. The van der Waals surface area contributed by atoms with Gasteiger partial charge < -0.3 is 15.4 Å². The summed E-state index contributed by atoms with van der Waals surface area (Å²) in [6.45, 7) is 0.849. The van der Waals surface area contributed by atoms with Gasteiger partial charge in [-0.3, -0.25) is 0 Å². The molecular weight excluding hydrogens is 309 g/mol. The second kappa shape index (κ2) is 5.67. The van der Waals surface area contributed by atoms with Crippen LogP contribution in [0.4, 0.5) is 15.9 Å². The van der Waals surface area contributed by atoms with Gasteiger partial charge >= 0.3 is 0 Å². The van der Waals surface area contributed by atoms with E-state index in [2.05, 4.69) is 15.0 Å². The molecule has 3 heterocycles. The zero-order valence-corrected chi connectivity index (χ0v) is 13.3. The largest absolute Gasteiger partial charge is 0.496 e. The molecule has 2 aromatic heterocycles. The summed E-state index contributed by atoms with van der Waals surface area (Å²) < 4.78 is 20.8. The highest BCUT2D eigenvalue weighted by molar-refractivity contribution is 5.65. The smallest absolute Gasteiger partial charge is 0.180 e. The molecule has 124 valence electrons. The van der Waals surface area contributed by atoms with Gasteiger partial charge in [-0.25, -0.2) is 13.9 Å². The maximum atomic E-state index is 13.8.